The van der Waals surface area contributed by atoms with Crippen molar-refractivity contribution in [2.75, 3.05) is 29.6 Å². The van der Waals surface area contributed by atoms with Gasteiger partial charge in [-0.2, -0.15) is 0 Å². The number of ether oxygens (including phenoxy) is 1. The second kappa shape index (κ2) is 18.7. The van der Waals surface area contributed by atoms with Crippen LogP contribution in [-0.4, -0.2) is 60.6 Å². The Labute approximate surface area is 285 Å². The van der Waals surface area contributed by atoms with Crippen LogP contribution in [0.3, 0.4) is 0 Å². The fourth-order valence-electron chi connectivity index (χ4n) is 4.65. The van der Waals surface area contributed by atoms with E-state index in [0.717, 1.165) is 30.2 Å². The molecule has 2 amide bonds. The highest BCUT2D eigenvalue weighted by Gasteiger charge is 2.33. The number of thioether (sulfide) groups is 1. The fraction of sp³-hybridized carbons (Fsp3) is 0.382. The van der Waals surface area contributed by atoms with Crippen molar-refractivity contribution in [1.29, 1.82) is 0 Å². The summed E-state index contributed by atoms with van der Waals surface area (Å²) in [6.45, 7) is 4.04. The van der Waals surface area contributed by atoms with E-state index in [9.17, 15) is 27.9 Å². The first-order valence-corrected chi connectivity index (χ1v) is 18.4. The first-order valence-electron chi connectivity index (χ1n) is 15.5. The molecule has 3 aromatic rings. The maximum Gasteiger partial charge on any atom is 0.338 e. The number of rotatable bonds is 18. The molecule has 47 heavy (non-hydrogen) atoms. The molecule has 0 aromatic heterocycles. The molecule has 3 rings (SSSR count). The van der Waals surface area contributed by atoms with Crippen LogP contribution in [0.25, 0.3) is 0 Å². The van der Waals surface area contributed by atoms with Gasteiger partial charge in [-0.05, 0) is 67.4 Å². The van der Waals surface area contributed by atoms with Gasteiger partial charge in [0, 0.05) is 22.3 Å². The van der Waals surface area contributed by atoms with Crippen LogP contribution in [0.4, 0.5) is 11.4 Å². The fourth-order valence-corrected chi connectivity index (χ4v) is 7.14. The third-order valence-electron chi connectivity index (χ3n) is 7.26. The maximum atomic E-state index is 13.3. The van der Waals surface area contributed by atoms with Crippen molar-refractivity contribution < 1.29 is 37.8 Å². The molecule has 4 N–H and O–H groups in total. The molecular formula is C34H41ClN2O8S2. The number of carbonyl (C=O) groups excluding carboxylic acids is 3. The van der Waals surface area contributed by atoms with E-state index < -0.39 is 38.6 Å². The minimum atomic E-state index is -4.07. The molecule has 0 heterocycles. The molecule has 10 nitrogen and oxygen atoms in total. The van der Waals surface area contributed by atoms with Gasteiger partial charge < -0.3 is 25.6 Å². The SMILES string of the molecule is CCCCCCCCOC(=O)c1ccc(C(=O)Nc2cc(Cl)c(NC(=O)C(CC)S(=O)(=O)c3ccc(SCCO)cc3)cc2O)cc1. The van der Waals surface area contributed by atoms with Crippen molar-refractivity contribution in [3.8, 4) is 5.75 Å². The standard InChI is InChI=1S/C34H41ClN2O8S2/c1-3-5-6-7-8-9-19-45-34(42)24-12-10-23(11-13-24)32(40)37-29-21-27(35)28(22-30(29)39)36-33(41)31(4-2)47(43,44)26-16-14-25(15-17-26)46-20-18-38/h10-17,21-22,31,38-39H,3-9,18-20H2,1-2H3,(H,36,41)(H,37,40). The lowest BCUT2D eigenvalue weighted by molar-refractivity contribution is -0.115. The number of amides is 2. The molecule has 0 fully saturated rings. The van der Waals surface area contributed by atoms with Gasteiger partial charge in [-0.3, -0.25) is 9.59 Å². The molecule has 0 saturated carbocycles. The Kier molecular flexibility index (Phi) is 15.1. The van der Waals surface area contributed by atoms with Gasteiger partial charge in [-0.25, -0.2) is 13.2 Å². The molecule has 0 spiro atoms. The topological polar surface area (TPSA) is 159 Å². The van der Waals surface area contributed by atoms with Gasteiger partial charge in [0.25, 0.3) is 5.91 Å². The van der Waals surface area contributed by atoms with E-state index in [2.05, 4.69) is 17.6 Å². The molecule has 0 aliphatic heterocycles. The third-order valence-corrected chi connectivity index (χ3v) is 10.8. The summed E-state index contributed by atoms with van der Waals surface area (Å²) in [7, 11) is -4.07. The zero-order valence-electron chi connectivity index (χ0n) is 26.5. The molecule has 0 bridgehead atoms. The average Bonchev–Trinajstić information content (AvgIpc) is 3.06. The number of phenolic OH excluding ortho intramolecular Hbond substituents is 1. The van der Waals surface area contributed by atoms with E-state index in [-0.39, 0.29) is 39.9 Å². The van der Waals surface area contributed by atoms with Gasteiger partial charge in [-0.15, -0.1) is 11.8 Å². The summed E-state index contributed by atoms with van der Waals surface area (Å²) < 4.78 is 31.9. The summed E-state index contributed by atoms with van der Waals surface area (Å²) in [6.07, 6.45) is 6.43. The first-order chi connectivity index (χ1) is 22.5. The van der Waals surface area contributed by atoms with Gasteiger partial charge in [0.2, 0.25) is 5.91 Å². The van der Waals surface area contributed by atoms with E-state index in [0.29, 0.717) is 17.9 Å². The Morgan fingerprint density at radius 1 is 0.872 bits per heavy atom. The van der Waals surface area contributed by atoms with Crippen LogP contribution >= 0.6 is 23.4 Å². The number of aromatic hydroxyl groups is 1. The molecule has 1 unspecified atom stereocenters. The van der Waals surface area contributed by atoms with Crippen molar-refractivity contribution in [1.82, 2.24) is 0 Å². The van der Waals surface area contributed by atoms with Gasteiger partial charge in [0.1, 0.15) is 11.0 Å². The zero-order chi connectivity index (χ0) is 34.4. The second-order valence-corrected chi connectivity index (χ2v) is 14.5. The number of hydrogen-bond acceptors (Lipinski definition) is 9. The lowest BCUT2D eigenvalue weighted by Crippen LogP contribution is -2.34. The van der Waals surface area contributed by atoms with Crippen LogP contribution in [0.15, 0.2) is 70.5 Å². The van der Waals surface area contributed by atoms with E-state index in [1.54, 1.807) is 19.1 Å². The Bertz CT molecular complexity index is 1610. The lowest BCUT2D eigenvalue weighted by atomic mass is 10.1. The number of aliphatic hydroxyl groups is 1. The number of esters is 1. The van der Waals surface area contributed by atoms with Gasteiger partial charge in [0.15, 0.2) is 9.84 Å². The normalized spacial score (nSPS) is 11.9. The highest BCUT2D eigenvalue weighted by atomic mass is 35.5. The van der Waals surface area contributed by atoms with Crippen molar-refractivity contribution in [3.05, 3.63) is 76.8 Å². The van der Waals surface area contributed by atoms with Crippen LogP contribution in [0.2, 0.25) is 5.02 Å². The predicted molar refractivity (Wildman–Crippen MR) is 185 cm³/mol. The molecule has 254 valence electrons. The minimum absolute atomic E-state index is 0.0130. The number of benzene rings is 3. The number of halogens is 1. The van der Waals surface area contributed by atoms with Crippen LogP contribution < -0.4 is 10.6 Å². The van der Waals surface area contributed by atoms with E-state index in [1.165, 1.54) is 73.5 Å². The quantitative estimate of drug-likeness (QED) is 0.0469. The number of sulfone groups is 1. The highest BCUT2D eigenvalue weighted by Crippen LogP contribution is 2.35. The first kappa shape index (κ1) is 37.9. The zero-order valence-corrected chi connectivity index (χ0v) is 28.8. The Hall–Kier alpha value is -3.58. The van der Waals surface area contributed by atoms with Crippen LogP contribution in [0.1, 0.15) is 79.5 Å². The average molecular weight is 705 g/mol. The van der Waals surface area contributed by atoms with Crippen LogP contribution in [-0.2, 0) is 19.4 Å². The summed E-state index contributed by atoms with van der Waals surface area (Å²) in [5.41, 5.74) is 0.431. The van der Waals surface area contributed by atoms with Gasteiger partial charge >= 0.3 is 5.97 Å². The molecule has 0 aliphatic rings. The molecule has 3 aromatic carbocycles. The van der Waals surface area contributed by atoms with Crippen molar-refractivity contribution in [2.45, 2.75) is 73.8 Å². The highest BCUT2D eigenvalue weighted by molar-refractivity contribution is 7.99. The number of phenols is 1. The number of carbonyl (C=O) groups is 3. The number of anilines is 2. The molecule has 0 aliphatic carbocycles. The molecule has 13 heteroatoms. The number of hydrogen-bond donors (Lipinski definition) is 4. The Balaban J connectivity index is 1.61. The maximum absolute atomic E-state index is 13.3. The Morgan fingerprint density at radius 3 is 2.15 bits per heavy atom. The molecule has 0 saturated heterocycles. The van der Waals surface area contributed by atoms with Crippen LogP contribution in [0, 0.1) is 0 Å². The smallest absolute Gasteiger partial charge is 0.338 e. The summed E-state index contributed by atoms with van der Waals surface area (Å²) in [6, 6.07) is 14.3. The van der Waals surface area contributed by atoms with Crippen molar-refractivity contribution in [3.63, 3.8) is 0 Å². The summed E-state index contributed by atoms with van der Waals surface area (Å²) in [4.78, 5) is 39.1. The summed E-state index contributed by atoms with van der Waals surface area (Å²) in [5.74, 6) is -1.85. The number of nitrogens with one attached hydrogen (secondary N) is 2. The summed E-state index contributed by atoms with van der Waals surface area (Å²) >= 11 is 7.72. The largest absolute Gasteiger partial charge is 0.506 e. The number of unbranched alkanes of at least 4 members (excludes halogenated alkanes) is 5. The Morgan fingerprint density at radius 2 is 1.51 bits per heavy atom. The lowest BCUT2D eigenvalue weighted by Gasteiger charge is -2.18. The second-order valence-electron chi connectivity index (χ2n) is 10.8. The van der Waals surface area contributed by atoms with E-state index >= 15 is 0 Å². The minimum Gasteiger partial charge on any atom is -0.506 e. The van der Waals surface area contributed by atoms with Crippen molar-refractivity contribution in [2.24, 2.45) is 0 Å². The monoisotopic (exact) mass is 704 g/mol. The number of aliphatic hydroxyl groups excluding tert-OH is 1. The van der Waals surface area contributed by atoms with E-state index in [1.807, 2.05) is 0 Å². The third kappa shape index (κ3) is 11.0. The predicted octanol–water partition coefficient (Wildman–Crippen LogP) is 7.09. The van der Waals surface area contributed by atoms with Crippen molar-refractivity contribution >= 4 is 62.4 Å². The van der Waals surface area contributed by atoms with Gasteiger partial charge in [0.05, 0.1) is 40.1 Å². The molecule has 0 radical (unpaired) electrons. The summed E-state index contributed by atoms with van der Waals surface area (Å²) in [5, 5.41) is 23.1. The molecule has 1 atom stereocenters. The van der Waals surface area contributed by atoms with E-state index in [4.69, 9.17) is 21.4 Å². The van der Waals surface area contributed by atoms with Gasteiger partial charge in [-0.1, -0.05) is 57.6 Å². The van der Waals surface area contributed by atoms with Crippen LogP contribution in [0.5, 0.6) is 5.75 Å². The molecular weight excluding hydrogens is 664 g/mol.